The average molecular weight is 435 g/mol. The largest absolute Gasteiger partial charge is 0.482 e. The highest BCUT2D eigenvalue weighted by Crippen LogP contribution is 2.28. The van der Waals surface area contributed by atoms with Gasteiger partial charge in [-0.25, -0.2) is 4.79 Å². The number of ether oxygens (including phenoxy) is 2. The van der Waals surface area contributed by atoms with Crippen molar-refractivity contribution in [3.8, 4) is 11.5 Å². The molecule has 0 aliphatic heterocycles. The fourth-order valence-corrected chi connectivity index (χ4v) is 2.86. The summed E-state index contributed by atoms with van der Waals surface area (Å²) in [5.41, 5.74) is 0.935. The molecule has 3 nitrogen and oxygen atoms in total. The second-order valence-corrected chi connectivity index (χ2v) is 6.45. The van der Waals surface area contributed by atoms with E-state index in [-0.39, 0.29) is 6.61 Å². The number of aryl methyl sites for hydroxylation is 1. The second kappa shape index (κ2) is 7.29. The van der Waals surface area contributed by atoms with E-state index in [2.05, 4.69) is 31.9 Å². The highest BCUT2D eigenvalue weighted by molar-refractivity contribution is 9.10. The molecular weight excluding hydrogens is 423 g/mol. The molecule has 0 saturated carbocycles. The first-order chi connectivity index (χ1) is 9.95. The first-order valence-electron chi connectivity index (χ1n) is 6.00. The summed E-state index contributed by atoms with van der Waals surface area (Å²) in [5.74, 6) is 0.561. The number of hydrogen-bond donors (Lipinski definition) is 0. The molecule has 6 heteroatoms. The Morgan fingerprint density at radius 3 is 2.52 bits per heavy atom. The Bertz CT molecular complexity index is 674. The molecule has 2 rings (SSSR count). The fourth-order valence-electron chi connectivity index (χ4n) is 1.62. The minimum absolute atomic E-state index is 0.169. The van der Waals surface area contributed by atoms with Crippen molar-refractivity contribution < 1.29 is 14.3 Å². The number of carbonyl (C=O) groups is 1. The summed E-state index contributed by atoms with van der Waals surface area (Å²) in [6.07, 6.45) is 0. The van der Waals surface area contributed by atoms with Gasteiger partial charge in [0.05, 0.1) is 4.47 Å². The van der Waals surface area contributed by atoms with Gasteiger partial charge in [0.2, 0.25) is 0 Å². The molecular formula is C15H11Br2ClO3. The number of hydrogen-bond acceptors (Lipinski definition) is 3. The maximum Gasteiger partial charge on any atom is 0.349 e. The molecule has 0 aliphatic carbocycles. The summed E-state index contributed by atoms with van der Waals surface area (Å²) in [6, 6.07) is 10.5. The summed E-state index contributed by atoms with van der Waals surface area (Å²) < 4.78 is 12.2. The van der Waals surface area contributed by atoms with Gasteiger partial charge in [-0.2, -0.15) is 0 Å². The van der Waals surface area contributed by atoms with E-state index in [4.69, 9.17) is 21.1 Å². The predicted molar refractivity (Wildman–Crippen MR) is 89.2 cm³/mol. The van der Waals surface area contributed by atoms with Crippen molar-refractivity contribution in [3.63, 3.8) is 0 Å². The smallest absolute Gasteiger partial charge is 0.349 e. The molecule has 0 bridgehead atoms. The number of benzene rings is 2. The summed E-state index contributed by atoms with van der Waals surface area (Å²) in [5, 5.41) is 0.559. The van der Waals surface area contributed by atoms with Gasteiger partial charge in [-0.05, 0) is 64.8 Å². The Morgan fingerprint density at radius 1 is 1.14 bits per heavy atom. The normalized spacial score (nSPS) is 10.3. The monoisotopic (exact) mass is 432 g/mol. The van der Waals surface area contributed by atoms with Crippen LogP contribution in [-0.4, -0.2) is 12.6 Å². The molecule has 0 aliphatic rings. The fraction of sp³-hybridized carbons (Fsp3) is 0.133. The summed E-state index contributed by atoms with van der Waals surface area (Å²) in [7, 11) is 0. The van der Waals surface area contributed by atoms with E-state index in [0.717, 1.165) is 10.0 Å². The van der Waals surface area contributed by atoms with Gasteiger partial charge >= 0.3 is 5.97 Å². The van der Waals surface area contributed by atoms with Gasteiger partial charge in [-0.15, -0.1) is 0 Å². The maximum absolute atomic E-state index is 11.8. The summed E-state index contributed by atoms with van der Waals surface area (Å²) >= 11 is 12.5. The molecule has 110 valence electrons. The lowest BCUT2D eigenvalue weighted by Crippen LogP contribution is -2.18. The van der Waals surface area contributed by atoms with Crippen molar-refractivity contribution in [1.82, 2.24) is 0 Å². The quantitative estimate of drug-likeness (QED) is 0.493. The maximum atomic E-state index is 11.8. The molecule has 0 unspecified atom stereocenters. The van der Waals surface area contributed by atoms with Crippen LogP contribution in [0, 0.1) is 6.92 Å². The van der Waals surface area contributed by atoms with Crippen molar-refractivity contribution in [2.75, 3.05) is 6.61 Å². The van der Waals surface area contributed by atoms with Gasteiger partial charge < -0.3 is 9.47 Å². The number of halogens is 3. The van der Waals surface area contributed by atoms with Gasteiger partial charge in [-0.3, -0.25) is 0 Å². The number of rotatable bonds is 4. The first-order valence-corrected chi connectivity index (χ1v) is 7.97. The minimum atomic E-state index is -0.486. The zero-order chi connectivity index (χ0) is 15.4. The molecule has 21 heavy (non-hydrogen) atoms. The zero-order valence-corrected chi connectivity index (χ0v) is 15.0. The van der Waals surface area contributed by atoms with Crippen molar-refractivity contribution in [2.45, 2.75) is 6.92 Å². The standard InChI is InChI=1S/C15H11Br2ClO3/c1-9-6-10(16)2-4-13(9)20-8-15(19)21-14-5-3-11(18)7-12(14)17/h2-7H,8H2,1H3. The lowest BCUT2D eigenvalue weighted by Gasteiger charge is -2.10. The molecule has 0 N–H and O–H groups in total. The molecule has 0 heterocycles. The Morgan fingerprint density at radius 2 is 1.86 bits per heavy atom. The molecule has 0 amide bonds. The highest BCUT2D eigenvalue weighted by atomic mass is 79.9. The second-order valence-electron chi connectivity index (χ2n) is 4.25. The molecule has 0 radical (unpaired) electrons. The van der Waals surface area contributed by atoms with Gasteiger partial charge in [0, 0.05) is 9.50 Å². The van der Waals surface area contributed by atoms with Crippen LogP contribution in [0.25, 0.3) is 0 Å². The van der Waals surface area contributed by atoms with Crippen molar-refractivity contribution in [3.05, 3.63) is 55.9 Å². The Balaban J connectivity index is 1.96. The SMILES string of the molecule is Cc1cc(Br)ccc1OCC(=O)Oc1ccc(Cl)cc1Br. The minimum Gasteiger partial charge on any atom is -0.482 e. The van der Waals surface area contributed by atoms with Gasteiger partial charge in [0.25, 0.3) is 0 Å². The third kappa shape index (κ3) is 4.73. The van der Waals surface area contributed by atoms with Crippen molar-refractivity contribution in [1.29, 1.82) is 0 Å². The Labute approximate surface area is 144 Å². The van der Waals surface area contributed by atoms with E-state index < -0.39 is 5.97 Å². The molecule has 0 spiro atoms. The van der Waals surface area contributed by atoms with E-state index in [1.54, 1.807) is 24.3 Å². The Kier molecular flexibility index (Phi) is 5.67. The molecule has 0 fully saturated rings. The van der Waals surface area contributed by atoms with Crippen LogP contribution in [0.3, 0.4) is 0 Å². The van der Waals surface area contributed by atoms with E-state index in [9.17, 15) is 4.79 Å². The third-order valence-corrected chi connectivity index (χ3v) is 3.95. The van der Waals surface area contributed by atoms with Crippen molar-refractivity contribution >= 4 is 49.4 Å². The first kappa shape index (κ1) is 16.3. The number of carbonyl (C=O) groups excluding carboxylic acids is 1. The van der Waals surface area contributed by atoms with Crippen molar-refractivity contribution in [2.24, 2.45) is 0 Å². The molecule has 0 aromatic heterocycles. The third-order valence-electron chi connectivity index (χ3n) is 2.60. The van der Waals surface area contributed by atoms with Crippen LogP contribution in [0.4, 0.5) is 0 Å². The van der Waals surface area contributed by atoms with Crippen LogP contribution >= 0.6 is 43.5 Å². The van der Waals surface area contributed by atoms with Crippen LogP contribution in [0.2, 0.25) is 5.02 Å². The van der Waals surface area contributed by atoms with E-state index in [0.29, 0.717) is 21.0 Å². The summed E-state index contributed by atoms with van der Waals surface area (Å²) in [4.78, 5) is 11.8. The molecule has 0 saturated heterocycles. The predicted octanol–water partition coefficient (Wildman–Crippen LogP) is 5.16. The summed E-state index contributed by atoms with van der Waals surface area (Å²) in [6.45, 7) is 1.73. The lowest BCUT2D eigenvalue weighted by atomic mass is 10.2. The van der Waals surface area contributed by atoms with Crippen LogP contribution in [0.5, 0.6) is 11.5 Å². The van der Waals surface area contributed by atoms with E-state index in [1.165, 1.54) is 0 Å². The molecule has 2 aromatic carbocycles. The zero-order valence-electron chi connectivity index (χ0n) is 11.0. The Hall–Kier alpha value is -1.04. The van der Waals surface area contributed by atoms with E-state index >= 15 is 0 Å². The lowest BCUT2D eigenvalue weighted by molar-refractivity contribution is -0.136. The van der Waals surface area contributed by atoms with E-state index in [1.807, 2.05) is 19.1 Å². The number of esters is 1. The van der Waals surface area contributed by atoms with Gasteiger partial charge in [0.15, 0.2) is 6.61 Å². The van der Waals surface area contributed by atoms with Crippen LogP contribution in [-0.2, 0) is 4.79 Å². The highest BCUT2D eigenvalue weighted by Gasteiger charge is 2.10. The molecule has 0 atom stereocenters. The van der Waals surface area contributed by atoms with Gasteiger partial charge in [0.1, 0.15) is 11.5 Å². The van der Waals surface area contributed by atoms with Gasteiger partial charge in [-0.1, -0.05) is 27.5 Å². The van der Waals surface area contributed by atoms with Crippen LogP contribution < -0.4 is 9.47 Å². The van der Waals surface area contributed by atoms with Crippen LogP contribution in [0.15, 0.2) is 45.3 Å². The average Bonchev–Trinajstić information content (AvgIpc) is 2.41. The van der Waals surface area contributed by atoms with Crippen LogP contribution in [0.1, 0.15) is 5.56 Å². The molecule has 2 aromatic rings. The topological polar surface area (TPSA) is 35.5 Å².